The second kappa shape index (κ2) is 6.77. The summed E-state index contributed by atoms with van der Waals surface area (Å²) in [4.78, 5) is 10.5. The summed E-state index contributed by atoms with van der Waals surface area (Å²) in [6, 6.07) is 6.31. The van der Waals surface area contributed by atoms with E-state index in [9.17, 15) is 8.53 Å². The fourth-order valence-electron chi connectivity index (χ4n) is 1.19. The molecule has 0 spiro atoms. The monoisotopic (exact) mass is 333 g/mol. The molecule has 2 rings (SSSR count). The van der Waals surface area contributed by atoms with E-state index in [2.05, 4.69) is 10.1 Å². The number of rotatable bonds is 3. The molecule has 1 amide bonds. The molecule has 0 saturated carbocycles. The van der Waals surface area contributed by atoms with E-state index in [1.807, 2.05) is 0 Å². The van der Waals surface area contributed by atoms with Crippen LogP contribution in [-0.2, 0) is 13.3 Å². The van der Waals surface area contributed by atoms with Gasteiger partial charge in [0, 0.05) is 12.6 Å². The van der Waals surface area contributed by atoms with Crippen LogP contribution in [0.15, 0.2) is 24.3 Å². The van der Waals surface area contributed by atoms with Crippen molar-refractivity contribution in [3.05, 3.63) is 24.3 Å². The van der Waals surface area contributed by atoms with Gasteiger partial charge in [0.1, 0.15) is 5.75 Å². The van der Waals surface area contributed by atoms with Gasteiger partial charge in [-0.2, -0.15) is 0 Å². The van der Waals surface area contributed by atoms with Gasteiger partial charge in [-0.3, -0.25) is 4.79 Å². The van der Waals surface area contributed by atoms with E-state index in [0.29, 0.717) is 12.3 Å². The minimum absolute atomic E-state index is 0.0573. The Bertz CT molecular complexity index is 465. The van der Waals surface area contributed by atoms with Crippen molar-refractivity contribution in [2.24, 2.45) is 0 Å². The van der Waals surface area contributed by atoms with Gasteiger partial charge in [-0.1, -0.05) is 0 Å². The molecule has 1 saturated heterocycles. The van der Waals surface area contributed by atoms with Crippen molar-refractivity contribution in [2.45, 2.75) is 18.2 Å². The van der Waals surface area contributed by atoms with E-state index in [0.717, 1.165) is 0 Å². The van der Waals surface area contributed by atoms with Crippen LogP contribution in [0.5, 0.6) is 5.75 Å². The number of hydrogen-bond acceptors (Lipinski definition) is 4. The number of epoxide rings is 1. The van der Waals surface area contributed by atoms with E-state index in [-0.39, 0.29) is 23.0 Å². The van der Waals surface area contributed by atoms with Crippen molar-refractivity contribution in [1.82, 2.24) is 0 Å². The molecule has 0 bridgehead atoms. The van der Waals surface area contributed by atoms with Crippen LogP contribution in [0.3, 0.4) is 0 Å². The number of amides is 1. The molecular formula is C11H16AsNO6. The standard InChI is InChI=1S/C8H9NO2.C3H7AsO4/c1-6(10)9-7-2-4-8(11)5-3-7;5-4(6,7)1-3-2-8-3/h2-5,11H,1H3,(H,9,10);3H,1-2H2,(H2,5,6,7). The van der Waals surface area contributed by atoms with Gasteiger partial charge in [0.2, 0.25) is 5.91 Å². The Kier molecular flexibility index (Phi) is 5.62. The number of anilines is 1. The number of benzene rings is 1. The number of phenolic OH excluding ortho intramolecular Hbond substituents is 1. The van der Waals surface area contributed by atoms with E-state index >= 15 is 0 Å². The SMILES string of the molecule is CC(=O)Nc1ccc(O)cc1.O=[As](O)(O)CC1CO1. The van der Waals surface area contributed by atoms with E-state index < -0.39 is 14.2 Å². The zero-order valence-corrected chi connectivity index (χ0v) is 12.2. The molecule has 1 unspecified atom stereocenters. The third-order valence-electron chi connectivity index (χ3n) is 2.03. The molecule has 7 nitrogen and oxygen atoms in total. The Labute approximate surface area is 113 Å². The summed E-state index contributed by atoms with van der Waals surface area (Å²) in [5, 5.41) is 11.4. The quantitative estimate of drug-likeness (QED) is 0.354. The third-order valence-corrected chi connectivity index (χ3v) is 3.88. The Hall–Kier alpha value is -1.27. The van der Waals surface area contributed by atoms with Crippen molar-refractivity contribution >= 4 is 25.8 Å². The minimum atomic E-state index is -4.33. The average molecular weight is 333 g/mol. The Morgan fingerprint density at radius 3 is 2.26 bits per heavy atom. The normalized spacial score (nSPS) is 17.1. The number of aromatic hydroxyl groups is 1. The summed E-state index contributed by atoms with van der Waals surface area (Å²) < 4.78 is 31.4. The first-order valence-electron chi connectivity index (χ1n) is 5.49. The van der Waals surface area contributed by atoms with E-state index in [4.69, 9.17) is 13.3 Å². The number of hydrogen-bond donors (Lipinski definition) is 4. The molecule has 106 valence electrons. The van der Waals surface area contributed by atoms with Gasteiger partial charge in [0.25, 0.3) is 0 Å². The van der Waals surface area contributed by atoms with Crippen LogP contribution < -0.4 is 5.32 Å². The predicted molar refractivity (Wildman–Crippen MR) is 67.8 cm³/mol. The number of carbonyl (C=O) groups excluding carboxylic acids is 1. The predicted octanol–water partition coefficient (Wildman–Crippen LogP) is 0.0898. The van der Waals surface area contributed by atoms with Crippen molar-refractivity contribution in [3.63, 3.8) is 0 Å². The van der Waals surface area contributed by atoms with Crippen LogP contribution in [0, 0.1) is 0 Å². The van der Waals surface area contributed by atoms with Crippen molar-refractivity contribution < 1.29 is 26.6 Å². The molecule has 0 radical (unpaired) electrons. The molecule has 1 fully saturated rings. The second-order valence-corrected chi connectivity index (χ2v) is 7.59. The van der Waals surface area contributed by atoms with Crippen LogP contribution in [0.1, 0.15) is 6.92 Å². The first-order chi connectivity index (χ1) is 8.76. The molecular weight excluding hydrogens is 317 g/mol. The molecule has 1 aromatic rings. The van der Waals surface area contributed by atoms with Gasteiger partial charge in [-0.15, -0.1) is 0 Å². The topological polar surface area (TPSA) is 119 Å². The number of nitrogens with one attached hydrogen (secondary N) is 1. The molecule has 0 aliphatic carbocycles. The van der Waals surface area contributed by atoms with Crippen LogP contribution in [0.2, 0.25) is 5.21 Å². The van der Waals surface area contributed by atoms with Crippen molar-refractivity contribution in [3.8, 4) is 5.75 Å². The molecule has 8 heteroatoms. The number of ether oxygens (including phenoxy) is 1. The molecule has 1 aromatic carbocycles. The van der Waals surface area contributed by atoms with Gasteiger partial charge >= 0.3 is 48.8 Å². The zero-order chi connectivity index (χ0) is 14.5. The Balaban J connectivity index is 0.000000200. The molecule has 1 aliphatic heterocycles. The fourth-order valence-corrected chi connectivity index (χ4v) is 2.74. The molecule has 1 heterocycles. The van der Waals surface area contributed by atoms with Gasteiger partial charge in [0.05, 0.1) is 0 Å². The number of phenols is 1. The summed E-state index contributed by atoms with van der Waals surface area (Å²) in [7, 11) is 0. The van der Waals surface area contributed by atoms with Gasteiger partial charge in [0.15, 0.2) is 0 Å². The second-order valence-electron chi connectivity index (χ2n) is 4.03. The first-order valence-corrected chi connectivity index (χ1v) is 9.26. The number of carbonyl (C=O) groups is 1. The van der Waals surface area contributed by atoms with Crippen LogP contribution in [-0.4, -0.2) is 46.1 Å². The summed E-state index contributed by atoms with van der Waals surface area (Å²) in [5.41, 5.74) is 0.690. The summed E-state index contributed by atoms with van der Waals surface area (Å²) >= 11 is -4.33. The zero-order valence-electron chi connectivity index (χ0n) is 10.3. The van der Waals surface area contributed by atoms with Gasteiger partial charge < -0.3 is 10.4 Å². The fraction of sp³-hybridized carbons (Fsp3) is 0.364. The van der Waals surface area contributed by atoms with Crippen molar-refractivity contribution in [1.29, 1.82) is 0 Å². The molecule has 1 atom stereocenters. The summed E-state index contributed by atoms with van der Waals surface area (Å²) in [6.45, 7) is 1.96. The molecule has 1 aliphatic rings. The van der Waals surface area contributed by atoms with Crippen molar-refractivity contribution in [2.75, 3.05) is 11.9 Å². The van der Waals surface area contributed by atoms with E-state index in [1.54, 1.807) is 12.1 Å². The maximum atomic E-state index is 10.5. The summed E-state index contributed by atoms with van der Waals surface area (Å²) in [6.07, 6.45) is -0.144. The Morgan fingerprint density at radius 2 is 1.95 bits per heavy atom. The van der Waals surface area contributed by atoms with Crippen LogP contribution in [0.25, 0.3) is 0 Å². The molecule has 0 aromatic heterocycles. The Morgan fingerprint density at radius 1 is 1.42 bits per heavy atom. The average Bonchev–Trinajstić information content (AvgIpc) is 3.03. The maximum absolute atomic E-state index is 10.5. The van der Waals surface area contributed by atoms with Crippen LogP contribution >= 0.6 is 0 Å². The van der Waals surface area contributed by atoms with Gasteiger partial charge in [-0.25, -0.2) is 0 Å². The third kappa shape index (κ3) is 8.45. The molecule has 4 N–H and O–H groups in total. The molecule has 19 heavy (non-hydrogen) atoms. The van der Waals surface area contributed by atoms with E-state index in [1.165, 1.54) is 19.1 Å². The summed E-state index contributed by atoms with van der Waals surface area (Å²) in [5.74, 6) is 0.0785. The first kappa shape index (κ1) is 15.8. The van der Waals surface area contributed by atoms with Gasteiger partial charge in [-0.05, 0) is 24.3 Å². The van der Waals surface area contributed by atoms with Crippen LogP contribution in [0.4, 0.5) is 5.69 Å².